The summed E-state index contributed by atoms with van der Waals surface area (Å²) in [6.45, 7) is 0.888. The van der Waals surface area contributed by atoms with Gasteiger partial charge >= 0.3 is 5.97 Å². The van der Waals surface area contributed by atoms with E-state index >= 15 is 0 Å². The molecule has 1 atom stereocenters. The van der Waals surface area contributed by atoms with Gasteiger partial charge in [-0.2, -0.15) is 0 Å². The van der Waals surface area contributed by atoms with E-state index in [9.17, 15) is 14.4 Å². The minimum atomic E-state index is -1.03. The van der Waals surface area contributed by atoms with Crippen LogP contribution in [0.15, 0.2) is 0 Å². The van der Waals surface area contributed by atoms with E-state index in [4.69, 9.17) is 5.11 Å². The zero-order valence-corrected chi connectivity index (χ0v) is 11.1. The first-order chi connectivity index (χ1) is 9.04. The third-order valence-electron chi connectivity index (χ3n) is 3.02. The zero-order chi connectivity index (χ0) is 14.3. The second-order valence-electron chi connectivity index (χ2n) is 4.62. The molecule has 0 aromatic heterocycles. The normalized spacial score (nSPS) is 19.3. The van der Waals surface area contributed by atoms with Crippen LogP contribution >= 0.6 is 0 Å². The molecule has 1 heterocycles. The first-order valence-electron chi connectivity index (χ1n) is 6.49. The van der Waals surface area contributed by atoms with Crippen LogP contribution in [0.2, 0.25) is 0 Å². The smallest absolute Gasteiger partial charge is 0.323 e. The molecule has 1 aliphatic heterocycles. The van der Waals surface area contributed by atoms with Gasteiger partial charge in [-0.1, -0.05) is 0 Å². The molecule has 1 aliphatic rings. The number of carboxylic acid groups (broad SMARTS) is 1. The van der Waals surface area contributed by atoms with Gasteiger partial charge in [0.15, 0.2) is 0 Å². The number of hydrogen-bond acceptors (Lipinski definition) is 4. The highest BCUT2D eigenvalue weighted by atomic mass is 16.4. The second-order valence-corrected chi connectivity index (χ2v) is 4.62. The van der Waals surface area contributed by atoms with E-state index in [-0.39, 0.29) is 18.4 Å². The van der Waals surface area contributed by atoms with Crippen LogP contribution in [0.1, 0.15) is 25.7 Å². The number of carboxylic acids is 1. The maximum absolute atomic E-state index is 12.0. The number of likely N-dealkylation sites (tertiary alicyclic amines) is 1. The number of nitrogens with zero attached hydrogens (tertiary/aromatic N) is 1. The van der Waals surface area contributed by atoms with E-state index in [1.165, 1.54) is 4.90 Å². The molecule has 19 heavy (non-hydrogen) atoms. The largest absolute Gasteiger partial charge is 0.480 e. The Balaban J connectivity index is 2.42. The van der Waals surface area contributed by atoms with Gasteiger partial charge in [-0.15, -0.1) is 0 Å². The maximum Gasteiger partial charge on any atom is 0.323 e. The number of piperidine rings is 1. The molecule has 108 valence electrons. The van der Waals surface area contributed by atoms with Crippen LogP contribution in [-0.4, -0.2) is 60.5 Å². The van der Waals surface area contributed by atoms with Crippen molar-refractivity contribution in [2.45, 2.75) is 31.7 Å². The Kier molecular flexibility index (Phi) is 6.27. The quantitative estimate of drug-likeness (QED) is 0.525. The lowest BCUT2D eigenvalue weighted by Crippen LogP contribution is -2.53. The molecule has 0 aromatic rings. The molecule has 0 bridgehead atoms. The van der Waals surface area contributed by atoms with Crippen LogP contribution in [0.25, 0.3) is 0 Å². The number of amides is 2. The maximum atomic E-state index is 12.0. The molecule has 2 amide bonds. The van der Waals surface area contributed by atoms with Crippen LogP contribution in [-0.2, 0) is 14.4 Å². The SMILES string of the molecule is CNCCCC(=O)N[C@H]1CCCN(CC(=O)O)C1=O. The van der Waals surface area contributed by atoms with Gasteiger partial charge in [0.1, 0.15) is 12.6 Å². The summed E-state index contributed by atoms with van der Waals surface area (Å²) in [6.07, 6.45) is 2.36. The fourth-order valence-corrected chi connectivity index (χ4v) is 2.09. The van der Waals surface area contributed by atoms with E-state index in [2.05, 4.69) is 10.6 Å². The first kappa shape index (κ1) is 15.4. The lowest BCUT2D eigenvalue weighted by atomic mass is 10.0. The number of carbonyl (C=O) groups excluding carboxylic acids is 2. The topological polar surface area (TPSA) is 98.7 Å². The van der Waals surface area contributed by atoms with Gasteiger partial charge in [-0.3, -0.25) is 14.4 Å². The van der Waals surface area contributed by atoms with Crippen molar-refractivity contribution in [3.05, 3.63) is 0 Å². The zero-order valence-electron chi connectivity index (χ0n) is 11.1. The average Bonchev–Trinajstić information content (AvgIpc) is 2.34. The van der Waals surface area contributed by atoms with Gasteiger partial charge in [0.25, 0.3) is 0 Å². The first-order valence-corrected chi connectivity index (χ1v) is 6.49. The minimum absolute atomic E-state index is 0.161. The molecule has 7 heteroatoms. The summed E-state index contributed by atoms with van der Waals surface area (Å²) in [7, 11) is 1.81. The van der Waals surface area contributed by atoms with Gasteiger partial charge in [0.2, 0.25) is 11.8 Å². The molecule has 0 spiro atoms. The van der Waals surface area contributed by atoms with Crippen molar-refractivity contribution in [3.63, 3.8) is 0 Å². The molecule has 0 aromatic carbocycles. The molecule has 0 unspecified atom stereocenters. The Morgan fingerprint density at radius 2 is 2.21 bits per heavy atom. The molecule has 7 nitrogen and oxygen atoms in total. The summed E-state index contributed by atoms with van der Waals surface area (Å²) in [4.78, 5) is 35.5. The summed E-state index contributed by atoms with van der Waals surface area (Å²) < 4.78 is 0. The lowest BCUT2D eigenvalue weighted by Gasteiger charge is -2.31. The Bertz CT molecular complexity index is 346. The Morgan fingerprint density at radius 3 is 2.84 bits per heavy atom. The fraction of sp³-hybridized carbons (Fsp3) is 0.750. The second kappa shape index (κ2) is 7.73. The molecule has 3 N–H and O–H groups in total. The van der Waals surface area contributed by atoms with Crippen molar-refractivity contribution >= 4 is 17.8 Å². The Labute approximate surface area is 112 Å². The summed E-state index contributed by atoms with van der Waals surface area (Å²) in [6, 6.07) is -0.574. The van der Waals surface area contributed by atoms with Crippen LogP contribution in [0.3, 0.4) is 0 Å². The minimum Gasteiger partial charge on any atom is -0.480 e. The summed E-state index contributed by atoms with van der Waals surface area (Å²) in [5.74, 6) is -1.49. The summed E-state index contributed by atoms with van der Waals surface area (Å²) in [5, 5.41) is 14.3. The molecular formula is C12H21N3O4. The third kappa shape index (κ3) is 5.25. The molecule has 1 fully saturated rings. The predicted molar refractivity (Wildman–Crippen MR) is 68.5 cm³/mol. The van der Waals surface area contributed by atoms with Crippen molar-refractivity contribution in [2.24, 2.45) is 0 Å². The molecule has 0 aliphatic carbocycles. The summed E-state index contributed by atoms with van der Waals surface area (Å²) >= 11 is 0. The fourth-order valence-electron chi connectivity index (χ4n) is 2.09. The van der Waals surface area contributed by atoms with E-state index in [1.807, 2.05) is 7.05 Å². The van der Waals surface area contributed by atoms with Gasteiger partial charge in [0, 0.05) is 13.0 Å². The van der Waals surface area contributed by atoms with Crippen molar-refractivity contribution in [1.82, 2.24) is 15.5 Å². The van der Waals surface area contributed by atoms with Crippen LogP contribution < -0.4 is 10.6 Å². The predicted octanol–water partition coefficient (Wildman–Crippen LogP) is -0.822. The monoisotopic (exact) mass is 271 g/mol. The van der Waals surface area contributed by atoms with Crippen LogP contribution in [0, 0.1) is 0 Å². The van der Waals surface area contributed by atoms with Gasteiger partial charge < -0.3 is 20.6 Å². The molecular weight excluding hydrogens is 250 g/mol. The highest BCUT2D eigenvalue weighted by Gasteiger charge is 2.30. The van der Waals surface area contributed by atoms with E-state index in [1.54, 1.807) is 0 Å². The van der Waals surface area contributed by atoms with Crippen LogP contribution in [0.4, 0.5) is 0 Å². The number of carbonyl (C=O) groups is 3. The van der Waals surface area contributed by atoms with Gasteiger partial charge in [-0.25, -0.2) is 0 Å². The lowest BCUT2D eigenvalue weighted by molar-refractivity contribution is -0.147. The van der Waals surface area contributed by atoms with Crippen molar-refractivity contribution < 1.29 is 19.5 Å². The number of rotatable bonds is 7. The number of nitrogens with one attached hydrogen (secondary N) is 2. The van der Waals surface area contributed by atoms with E-state index in [0.29, 0.717) is 32.2 Å². The number of aliphatic carboxylic acids is 1. The Hall–Kier alpha value is -1.63. The van der Waals surface area contributed by atoms with Crippen molar-refractivity contribution in [3.8, 4) is 0 Å². The van der Waals surface area contributed by atoms with Crippen LogP contribution in [0.5, 0.6) is 0 Å². The van der Waals surface area contributed by atoms with Crippen molar-refractivity contribution in [1.29, 1.82) is 0 Å². The highest BCUT2D eigenvalue weighted by Crippen LogP contribution is 2.11. The van der Waals surface area contributed by atoms with E-state index < -0.39 is 12.0 Å². The summed E-state index contributed by atoms with van der Waals surface area (Å²) in [5.41, 5.74) is 0. The third-order valence-corrected chi connectivity index (χ3v) is 3.02. The van der Waals surface area contributed by atoms with Gasteiger partial charge in [0.05, 0.1) is 0 Å². The number of hydrogen-bond donors (Lipinski definition) is 3. The average molecular weight is 271 g/mol. The highest BCUT2D eigenvalue weighted by molar-refractivity contribution is 5.89. The molecule has 0 saturated carbocycles. The van der Waals surface area contributed by atoms with E-state index in [0.717, 1.165) is 6.54 Å². The Morgan fingerprint density at radius 1 is 1.47 bits per heavy atom. The molecule has 1 saturated heterocycles. The molecule has 0 radical (unpaired) electrons. The molecule has 1 rings (SSSR count). The van der Waals surface area contributed by atoms with Gasteiger partial charge in [-0.05, 0) is 32.9 Å². The standard InChI is InChI=1S/C12H21N3O4/c1-13-6-2-5-10(16)14-9-4-3-7-15(12(9)19)8-11(17)18/h9,13H,2-8H2,1H3,(H,14,16)(H,17,18)/t9-/m0/s1. The van der Waals surface area contributed by atoms with Crippen molar-refractivity contribution in [2.75, 3.05) is 26.7 Å².